The molecule has 0 aromatic carbocycles. The highest BCUT2D eigenvalue weighted by molar-refractivity contribution is 5.14. The Balaban J connectivity index is 1.47. The van der Waals surface area contributed by atoms with E-state index in [9.17, 15) is 10.2 Å². The Morgan fingerprint density at radius 3 is 2.43 bits per heavy atom. The van der Waals surface area contributed by atoms with Gasteiger partial charge in [-0.25, -0.2) is 4.39 Å². The summed E-state index contributed by atoms with van der Waals surface area (Å²) in [5.41, 5.74) is -1.52. The fraction of sp³-hybridized carbons (Fsp3) is 1.00. The lowest BCUT2D eigenvalue weighted by Gasteiger charge is -2.63. The van der Waals surface area contributed by atoms with Crippen LogP contribution in [-0.2, 0) is 0 Å². The zero-order valence-electron chi connectivity index (χ0n) is 20.2. The molecule has 0 saturated heterocycles. The van der Waals surface area contributed by atoms with Crippen LogP contribution in [0.4, 0.5) is 4.39 Å². The van der Waals surface area contributed by atoms with Crippen molar-refractivity contribution in [2.24, 2.45) is 40.4 Å². The van der Waals surface area contributed by atoms with Gasteiger partial charge in [0, 0.05) is 11.8 Å². The van der Waals surface area contributed by atoms with Gasteiger partial charge in [0.2, 0.25) is 0 Å². The molecule has 0 spiro atoms. The highest BCUT2D eigenvalue weighted by Gasteiger charge is 2.65. The van der Waals surface area contributed by atoms with E-state index in [-0.39, 0.29) is 5.41 Å². The van der Waals surface area contributed by atoms with Gasteiger partial charge >= 0.3 is 0 Å². The summed E-state index contributed by atoms with van der Waals surface area (Å²) in [7, 11) is 0. The van der Waals surface area contributed by atoms with Crippen LogP contribution in [0.3, 0.4) is 0 Å². The average Bonchev–Trinajstić information content (AvgIpc) is 2.99. The molecule has 3 heteroatoms. The molecule has 2 N–H and O–H groups in total. The van der Waals surface area contributed by atoms with E-state index in [4.69, 9.17) is 0 Å². The lowest BCUT2D eigenvalue weighted by atomic mass is 9.43. The van der Waals surface area contributed by atoms with Crippen LogP contribution in [0.15, 0.2) is 0 Å². The summed E-state index contributed by atoms with van der Waals surface area (Å²) in [4.78, 5) is 0. The van der Waals surface area contributed by atoms with Crippen molar-refractivity contribution in [1.29, 1.82) is 0 Å². The standard InChI is InChI=1S/C27H47FO2/c1-18(7-6-13-24(2,3)30)21-8-9-22-20-11-16-27(28)17-19(29)10-15-26(27,5)23(20)12-14-25(21,22)4/h18-23,29-30H,6-17H2,1-5H3/t18-,19+,20+,21-,22+,23+,25-,26-,27?/m1/s1. The fourth-order valence-electron chi connectivity index (χ4n) is 9.21. The van der Waals surface area contributed by atoms with Gasteiger partial charge in [0.1, 0.15) is 5.67 Å². The van der Waals surface area contributed by atoms with Crippen LogP contribution in [0.1, 0.15) is 112 Å². The monoisotopic (exact) mass is 422 g/mol. The first-order valence-corrected chi connectivity index (χ1v) is 13.0. The topological polar surface area (TPSA) is 40.5 Å². The molecular formula is C27H47FO2. The first-order chi connectivity index (χ1) is 13.9. The molecule has 0 aromatic rings. The van der Waals surface area contributed by atoms with Gasteiger partial charge in [0.25, 0.3) is 0 Å². The van der Waals surface area contributed by atoms with E-state index in [1.54, 1.807) is 0 Å². The summed E-state index contributed by atoms with van der Waals surface area (Å²) in [6, 6.07) is 0. The summed E-state index contributed by atoms with van der Waals surface area (Å²) in [5, 5.41) is 20.2. The molecule has 2 nitrogen and oxygen atoms in total. The van der Waals surface area contributed by atoms with Crippen molar-refractivity contribution in [3.63, 3.8) is 0 Å². The molecule has 4 fully saturated rings. The molecule has 0 aromatic heterocycles. The fourth-order valence-corrected chi connectivity index (χ4v) is 9.21. The lowest BCUT2D eigenvalue weighted by Crippen LogP contribution is -2.61. The third-order valence-corrected chi connectivity index (χ3v) is 10.9. The zero-order valence-corrected chi connectivity index (χ0v) is 20.2. The highest BCUT2D eigenvalue weighted by atomic mass is 19.1. The predicted octanol–water partition coefficient (Wildman–Crippen LogP) is 6.68. The van der Waals surface area contributed by atoms with Crippen molar-refractivity contribution in [2.75, 3.05) is 0 Å². The molecule has 0 heterocycles. The molecule has 1 unspecified atom stereocenters. The minimum Gasteiger partial charge on any atom is -0.393 e. The van der Waals surface area contributed by atoms with E-state index in [0.717, 1.165) is 43.9 Å². The van der Waals surface area contributed by atoms with Crippen LogP contribution in [0.5, 0.6) is 0 Å². The second kappa shape index (κ2) is 7.72. The number of hydrogen-bond donors (Lipinski definition) is 2. The Hall–Kier alpha value is -0.150. The minimum absolute atomic E-state index is 0.229. The predicted molar refractivity (Wildman–Crippen MR) is 121 cm³/mol. The molecule has 0 bridgehead atoms. The molecule has 4 saturated carbocycles. The van der Waals surface area contributed by atoms with Crippen molar-refractivity contribution < 1.29 is 14.6 Å². The van der Waals surface area contributed by atoms with Gasteiger partial charge in [-0.15, -0.1) is 0 Å². The largest absolute Gasteiger partial charge is 0.393 e. The quantitative estimate of drug-likeness (QED) is 0.519. The van der Waals surface area contributed by atoms with E-state index >= 15 is 4.39 Å². The molecule has 0 aliphatic heterocycles. The van der Waals surface area contributed by atoms with Crippen molar-refractivity contribution in [3.8, 4) is 0 Å². The smallest absolute Gasteiger partial charge is 0.119 e. The first-order valence-electron chi connectivity index (χ1n) is 13.0. The van der Waals surface area contributed by atoms with Gasteiger partial charge in [0.15, 0.2) is 0 Å². The van der Waals surface area contributed by atoms with E-state index in [2.05, 4.69) is 20.8 Å². The summed E-state index contributed by atoms with van der Waals surface area (Å²) >= 11 is 0. The number of hydrogen-bond acceptors (Lipinski definition) is 2. The van der Waals surface area contributed by atoms with Crippen molar-refractivity contribution >= 4 is 0 Å². The molecule has 4 aliphatic carbocycles. The first kappa shape index (κ1) is 23.0. The van der Waals surface area contributed by atoms with Crippen molar-refractivity contribution in [2.45, 2.75) is 129 Å². The molecule has 0 radical (unpaired) electrons. The lowest BCUT2D eigenvalue weighted by molar-refractivity contribution is -0.186. The highest BCUT2D eigenvalue weighted by Crippen LogP contribution is 2.69. The van der Waals surface area contributed by atoms with Gasteiger partial charge in [-0.2, -0.15) is 0 Å². The Morgan fingerprint density at radius 1 is 1.00 bits per heavy atom. The second-order valence-corrected chi connectivity index (χ2v) is 13.1. The summed E-state index contributed by atoms with van der Waals surface area (Å²) in [5.74, 6) is 3.44. The van der Waals surface area contributed by atoms with Crippen LogP contribution in [0.2, 0.25) is 0 Å². The summed E-state index contributed by atoms with van der Waals surface area (Å²) < 4.78 is 16.1. The number of aliphatic hydroxyl groups excluding tert-OH is 1. The maximum Gasteiger partial charge on any atom is 0.119 e. The maximum absolute atomic E-state index is 16.1. The number of fused-ring (bicyclic) bond motifs is 5. The van der Waals surface area contributed by atoms with Crippen LogP contribution < -0.4 is 0 Å². The van der Waals surface area contributed by atoms with Crippen LogP contribution in [0, 0.1) is 40.4 Å². The molecule has 4 rings (SSSR count). The van der Waals surface area contributed by atoms with Crippen LogP contribution in [0.25, 0.3) is 0 Å². The third kappa shape index (κ3) is 3.68. The average molecular weight is 423 g/mol. The Morgan fingerprint density at radius 2 is 1.73 bits per heavy atom. The SMILES string of the molecule is C[C@H](CCCC(C)(C)O)[C@H]1CC[C@H]2[C@@H]3CCC4(F)C[C@@H](O)CC[C@]4(C)[C@H]3CC[C@]12C. The van der Waals surface area contributed by atoms with Gasteiger partial charge in [0.05, 0.1) is 11.7 Å². The van der Waals surface area contributed by atoms with Crippen molar-refractivity contribution in [3.05, 3.63) is 0 Å². The van der Waals surface area contributed by atoms with E-state index < -0.39 is 17.4 Å². The zero-order chi connectivity index (χ0) is 21.9. The number of aliphatic hydroxyl groups is 2. The number of halogens is 1. The molecule has 0 amide bonds. The van der Waals surface area contributed by atoms with E-state index in [1.165, 1.54) is 32.1 Å². The molecule has 4 aliphatic rings. The van der Waals surface area contributed by atoms with Crippen molar-refractivity contribution in [1.82, 2.24) is 0 Å². The van der Waals surface area contributed by atoms with Gasteiger partial charge in [-0.05, 0) is 107 Å². The van der Waals surface area contributed by atoms with E-state index in [0.29, 0.717) is 36.0 Å². The van der Waals surface area contributed by atoms with Crippen LogP contribution in [-0.4, -0.2) is 27.6 Å². The van der Waals surface area contributed by atoms with Gasteiger partial charge in [-0.3, -0.25) is 0 Å². The molecule has 174 valence electrons. The molecular weight excluding hydrogens is 375 g/mol. The Labute approximate surface area is 184 Å². The third-order valence-electron chi connectivity index (χ3n) is 10.9. The molecule has 9 atom stereocenters. The van der Waals surface area contributed by atoms with Gasteiger partial charge in [-0.1, -0.05) is 33.6 Å². The number of rotatable bonds is 5. The Bertz CT molecular complexity index is 629. The summed E-state index contributed by atoms with van der Waals surface area (Å²) in [6.45, 7) is 11.1. The maximum atomic E-state index is 16.1. The normalized spacial score (nSPS) is 49.8. The molecule has 30 heavy (non-hydrogen) atoms. The number of alkyl halides is 1. The van der Waals surface area contributed by atoms with Gasteiger partial charge < -0.3 is 10.2 Å². The van der Waals surface area contributed by atoms with Crippen LogP contribution >= 0.6 is 0 Å². The van der Waals surface area contributed by atoms with E-state index in [1.807, 2.05) is 13.8 Å². The minimum atomic E-state index is -1.15. The Kier molecular flexibility index (Phi) is 5.92. The summed E-state index contributed by atoms with van der Waals surface area (Å²) in [6.07, 6.45) is 11.6. The second-order valence-electron chi connectivity index (χ2n) is 13.1.